The van der Waals surface area contributed by atoms with Crippen LogP contribution in [0.4, 0.5) is 5.69 Å². The van der Waals surface area contributed by atoms with Gasteiger partial charge in [0.15, 0.2) is 0 Å². The van der Waals surface area contributed by atoms with Gasteiger partial charge >= 0.3 is 0 Å². The first-order valence-corrected chi connectivity index (χ1v) is 7.91. The molecule has 124 valence electrons. The third-order valence-electron chi connectivity index (χ3n) is 2.75. The summed E-state index contributed by atoms with van der Waals surface area (Å²) in [4.78, 5) is 20.5. The second-order valence-corrected chi connectivity index (χ2v) is 5.78. The van der Waals surface area contributed by atoms with Crippen LogP contribution < -0.4 is 14.8 Å². The molecule has 23 heavy (non-hydrogen) atoms. The highest BCUT2D eigenvalue weighted by atomic mass is 35.5. The topological polar surface area (TPSA) is 82.6 Å². The summed E-state index contributed by atoms with van der Waals surface area (Å²) in [6, 6.07) is 1.54. The molecule has 0 saturated heterocycles. The van der Waals surface area contributed by atoms with Crippen molar-refractivity contribution in [3.8, 4) is 11.8 Å². The minimum Gasteiger partial charge on any atom is -0.477 e. The number of anilines is 1. The number of rotatable bonds is 6. The lowest BCUT2D eigenvalue weighted by atomic mass is 10.2. The SMILES string of the molecule is COSCC(=O)Nc1c(Cl)c(Cl)cc2nc(OC)c(OC)nc12. The number of hydrogen-bond acceptors (Lipinski definition) is 7. The summed E-state index contributed by atoms with van der Waals surface area (Å²) >= 11 is 13.3. The van der Waals surface area contributed by atoms with Crippen LogP contribution in [0.2, 0.25) is 10.0 Å². The molecule has 0 aliphatic carbocycles. The summed E-state index contributed by atoms with van der Waals surface area (Å²) in [5.41, 5.74) is 1.00. The molecule has 0 atom stereocenters. The van der Waals surface area contributed by atoms with Crippen LogP contribution in [0, 0.1) is 0 Å². The Kier molecular flexibility index (Phi) is 6.11. The van der Waals surface area contributed by atoms with Crippen LogP contribution in [0.25, 0.3) is 11.0 Å². The Hall–Kier alpha value is -1.48. The van der Waals surface area contributed by atoms with Crippen molar-refractivity contribution in [2.75, 3.05) is 32.4 Å². The number of carbonyl (C=O) groups excluding carboxylic acids is 1. The summed E-state index contributed by atoms with van der Waals surface area (Å²) in [6.07, 6.45) is 0. The van der Waals surface area contributed by atoms with Crippen molar-refractivity contribution in [3.05, 3.63) is 16.1 Å². The third-order valence-corrected chi connectivity index (χ3v) is 4.15. The van der Waals surface area contributed by atoms with E-state index in [1.54, 1.807) is 0 Å². The summed E-state index contributed by atoms with van der Waals surface area (Å²) < 4.78 is 15.0. The largest absolute Gasteiger partial charge is 0.477 e. The molecule has 0 aliphatic rings. The van der Waals surface area contributed by atoms with Crippen molar-refractivity contribution in [1.29, 1.82) is 0 Å². The number of carbonyl (C=O) groups is 1. The van der Waals surface area contributed by atoms with Gasteiger partial charge in [-0.15, -0.1) is 0 Å². The second-order valence-electron chi connectivity index (χ2n) is 4.13. The molecule has 0 bridgehead atoms. The molecule has 1 aromatic carbocycles. The van der Waals surface area contributed by atoms with Gasteiger partial charge in [-0.3, -0.25) is 4.79 Å². The average molecular weight is 378 g/mol. The number of ether oxygens (including phenoxy) is 2. The smallest absolute Gasteiger partial charge is 0.278 e. The van der Waals surface area contributed by atoms with E-state index in [-0.39, 0.29) is 39.2 Å². The van der Waals surface area contributed by atoms with Crippen LogP contribution >= 0.6 is 35.2 Å². The lowest BCUT2D eigenvalue weighted by molar-refractivity contribution is -0.113. The van der Waals surface area contributed by atoms with Crippen molar-refractivity contribution in [1.82, 2.24) is 9.97 Å². The van der Waals surface area contributed by atoms with E-state index in [0.717, 1.165) is 12.0 Å². The number of nitrogens with one attached hydrogen (secondary N) is 1. The number of benzene rings is 1. The molecule has 10 heteroatoms. The van der Waals surface area contributed by atoms with Gasteiger partial charge in [-0.2, -0.15) is 0 Å². The number of fused-ring (bicyclic) bond motifs is 1. The molecule has 0 fully saturated rings. The van der Waals surface area contributed by atoms with Crippen LogP contribution in [0.1, 0.15) is 0 Å². The van der Waals surface area contributed by atoms with E-state index in [0.29, 0.717) is 11.0 Å². The Labute approximate surface area is 146 Å². The minimum absolute atomic E-state index is 0.0849. The third kappa shape index (κ3) is 3.89. The number of hydrogen-bond donors (Lipinski definition) is 1. The molecule has 7 nitrogen and oxygen atoms in total. The zero-order valence-corrected chi connectivity index (χ0v) is 14.8. The van der Waals surface area contributed by atoms with Crippen LogP contribution in [0.15, 0.2) is 6.07 Å². The van der Waals surface area contributed by atoms with Gasteiger partial charge in [-0.1, -0.05) is 23.2 Å². The monoisotopic (exact) mass is 377 g/mol. The predicted molar refractivity (Wildman–Crippen MR) is 90.8 cm³/mol. The van der Waals surface area contributed by atoms with E-state index in [9.17, 15) is 4.79 Å². The van der Waals surface area contributed by atoms with Gasteiger partial charge in [-0.25, -0.2) is 9.97 Å². The summed E-state index contributed by atoms with van der Waals surface area (Å²) in [5, 5.41) is 3.06. The molecular formula is C13H13Cl2N3O4S. The molecule has 2 aromatic rings. The molecule has 2 rings (SSSR count). The Morgan fingerprint density at radius 1 is 1.22 bits per heavy atom. The van der Waals surface area contributed by atoms with Crippen molar-refractivity contribution >= 4 is 57.9 Å². The van der Waals surface area contributed by atoms with E-state index < -0.39 is 0 Å². The number of amides is 1. The van der Waals surface area contributed by atoms with Crippen LogP contribution in [0.5, 0.6) is 11.8 Å². The highest BCUT2D eigenvalue weighted by Gasteiger charge is 2.19. The van der Waals surface area contributed by atoms with Gasteiger partial charge in [0.2, 0.25) is 5.91 Å². The molecule has 0 saturated carbocycles. The van der Waals surface area contributed by atoms with Crippen molar-refractivity contribution < 1.29 is 18.5 Å². The zero-order valence-electron chi connectivity index (χ0n) is 12.5. The van der Waals surface area contributed by atoms with Gasteiger partial charge < -0.3 is 19.0 Å². The van der Waals surface area contributed by atoms with Gasteiger partial charge in [-0.05, 0) is 6.07 Å². The fraction of sp³-hybridized carbons (Fsp3) is 0.308. The van der Waals surface area contributed by atoms with Crippen molar-refractivity contribution in [2.45, 2.75) is 0 Å². The summed E-state index contributed by atoms with van der Waals surface area (Å²) in [5.74, 6) is 0.131. The molecule has 1 amide bonds. The van der Waals surface area contributed by atoms with E-state index >= 15 is 0 Å². The Morgan fingerprint density at radius 2 is 1.87 bits per heavy atom. The summed E-state index contributed by atoms with van der Waals surface area (Å²) in [7, 11) is 4.35. The Bertz CT molecular complexity index is 745. The Morgan fingerprint density at radius 3 is 2.48 bits per heavy atom. The number of aromatic nitrogens is 2. The molecular weight excluding hydrogens is 365 g/mol. The van der Waals surface area contributed by atoms with Crippen LogP contribution in [0.3, 0.4) is 0 Å². The lowest BCUT2D eigenvalue weighted by Gasteiger charge is -2.13. The first-order valence-electron chi connectivity index (χ1n) is 6.25. The molecule has 1 heterocycles. The highest BCUT2D eigenvalue weighted by Crippen LogP contribution is 2.38. The van der Waals surface area contributed by atoms with E-state index in [2.05, 4.69) is 15.3 Å². The maximum atomic E-state index is 11.9. The maximum Gasteiger partial charge on any atom is 0.278 e. The van der Waals surface area contributed by atoms with Gasteiger partial charge in [0.05, 0.1) is 48.3 Å². The zero-order chi connectivity index (χ0) is 17.0. The van der Waals surface area contributed by atoms with Gasteiger partial charge in [0.1, 0.15) is 5.52 Å². The number of methoxy groups -OCH3 is 2. The van der Waals surface area contributed by atoms with Crippen LogP contribution in [-0.4, -0.2) is 43.0 Å². The van der Waals surface area contributed by atoms with E-state index in [4.69, 9.17) is 36.9 Å². The fourth-order valence-corrected chi connectivity index (χ4v) is 2.46. The van der Waals surface area contributed by atoms with Crippen molar-refractivity contribution in [3.63, 3.8) is 0 Å². The average Bonchev–Trinajstić information content (AvgIpc) is 2.55. The lowest BCUT2D eigenvalue weighted by Crippen LogP contribution is -2.15. The van der Waals surface area contributed by atoms with E-state index in [1.807, 2.05) is 0 Å². The normalized spacial score (nSPS) is 10.7. The maximum absolute atomic E-state index is 11.9. The van der Waals surface area contributed by atoms with Gasteiger partial charge in [0, 0.05) is 12.0 Å². The molecule has 0 aliphatic heterocycles. The molecule has 0 spiro atoms. The summed E-state index contributed by atoms with van der Waals surface area (Å²) in [6.45, 7) is 0. The van der Waals surface area contributed by atoms with Crippen LogP contribution in [-0.2, 0) is 8.98 Å². The standard InChI is InChI=1S/C13H13Cl2N3O4S/c1-20-12-13(21-2)18-10-7(16-12)4-6(14)9(15)11(10)17-8(19)5-23-22-3/h4H,5H2,1-3H3,(H,17,19). The van der Waals surface area contributed by atoms with Crippen molar-refractivity contribution in [2.24, 2.45) is 0 Å². The minimum atomic E-state index is -0.320. The molecule has 1 N–H and O–H groups in total. The number of halogens is 2. The number of nitrogens with zero attached hydrogens (tertiary/aromatic N) is 2. The van der Waals surface area contributed by atoms with E-state index in [1.165, 1.54) is 27.4 Å². The highest BCUT2D eigenvalue weighted by molar-refractivity contribution is 7.95. The molecule has 0 unspecified atom stereocenters. The fourth-order valence-electron chi connectivity index (χ4n) is 1.78. The van der Waals surface area contributed by atoms with Gasteiger partial charge in [0.25, 0.3) is 11.8 Å². The predicted octanol–water partition coefficient (Wildman–Crippen LogP) is 3.19. The second kappa shape index (κ2) is 7.87. The Balaban J connectivity index is 2.56. The molecule has 1 aromatic heterocycles. The quantitative estimate of drug-likeness (QED) is 0.773. The molecule has 0 radical (unpaired) electrons. The first kappa shape index (κ1) is 17.9. The first-order chi connectivity index (χ1) is 11.0.